The third kappa shape index (κ3) is 2.19. The van der Waals surface area contributed by atoms with Gasteiger partial charge in [-0.2, -0.15) is 0 Å². The number of hydrogen-bond acceptors (Lipinski definition) is 3. The zero-order valence-electron chi connectivity index (χ0n) is 8.29. The Morgan fingerprint density at radius 2 is 2.25 bits per heavy atom. The van der Waals surface area contributed by atoms with Crippen molar-refractivity contribution >= 4 is 0 Å². The summed E-state index contributed by atoms with van der Waals surface area (Å²) >= 11 is 0. The van der Waals surface area contributed by atoms with Gasteiger partial charge in [-0.1, -0.05) is 13.8 Å². The van der Waals surface area contributed by atoms with Crippen LogP contribution in [0.15, 0.2) is 0 Å². The lowest BCUT2D eigenvalue weighted by molar-refractivity contribution is 0.153. The summed E-state index contributed by atoms with van der Waals surface area (Å²) in [6.45, 7) is 6.27. The van der Waals surface area contributed by atoms with Crippen molar-refractivity contribution in [3.8, 4) is 0 Å². The third-order valence-corrected chi connectivity index (χ3v) is 2.64. The molecule has 0 bridgehead atoms. The van der Waals surface area contributed by atoms with E-state index in [-0.39, 0.29) is 0 Å². The molecule has 0 aromatic rings. The number of rotatable bonds is 3. The fourth-order valence-corrected chi connectivity index (χ4v) is 2.00. The second kappa shape index (κ2) is 4.21. The van der Waals surface area contributed by atoms with E-state index in [1.54, 1.807) is 7.11 Å². The maximum absolute atomic E-state index is 5.88. The minimum absolute atomic E-state index is 0.546. The van der Waals surface area contributed by atoms with Crippen molar-refractivity contribution in [1.82, 2.24) is 5.01 Å². The first-order chi connectivity index (χ1) is 5.65. The molecule has 1 saturated heterocycles. The fraction of sp³-hybridized carbons (Fsp3) is 1.00. The van der Waals surface area contributed by atoms with Crippen LogP contribution in [0.5, 0.6) is 0 Å². The van der Waals surface area contributed by atoms with Crippen molar-refractivity contribution in [2.24, 2.45) is 17.7 Å². The molecule has 12 heavy (non-hydrogen) atoms. The molecule has 2 N–H and O–H groups in total. The van der Waals surface area contributed by atoms with Crippen LogP contribution in [0.3, 0.4) is 0 Å². The monoisotopic (exact) mass is 172 g/mol. The van der Waals surface area contributed by atoms with Gasteiger partial charge >= 0.3 is 0 Å². The lowest BCUT2D eigenvalue weighted by atomic mass is 9.98. The number of nitrogens with zero attached hydrogens (tertiary/aromatic N) is 1. The Kier molecular flexibility index (Phi) is 3.50. The van der Waals surface area contributed by atoms with Crippen LogP contribution in [-0.4, -0.2) is 31.3 Å². The van der Waals surface area contributed by atoms with Gasteiger partial charge in [-0.3, -0.25) is 5.84 Å². The first kappa shape index (κ1) is 9.96. The van der Waals surface area contributed by atoms with E-state index in [1.807, 2.05) is 5.01 Å². The molecule has 1 heterocycles. The molecule has 1 aliphatic rings. The van der Waals surface area contributed by atoms with E-state index < -0.39 is 0 Å². The average molecular weight is 172 g/mol. The highest BCUT2D eigenvalue weighted by atomic mass is 16.5. The van der Waals surface area contributed by atoms with E-state index in [2.05, 4.69) is 13.8 Å². The summed E-state index contributed by atoms with van der Waals surface area (Å²) in [4.78, 5) is 0. The molecule has 0 radical (unpaired) electrons. The molecule has 0 aromatic carbocycles. The number of ether oxygens (including phenoxy) is 1. The molecule has 0 spiro atoms. The van der Waals surface area contributed by atoms with Crippen LogP contribution in [0.25, 0.3) is 0 Å². The quantitative estimate of drug-likeness (QED) is 0.641. The maximum atomic E-state index is 5.88. The van der Waals surface area contributed by atoms with Gasteiger partial charge in [0.2, 0.25) is 0 Å². The highest BCUT2D eigenvalue weighted by Crippen LogP contribution is 2.25. The van der Waals surface area contributed by atoms with Crippen LogP contribution in [0, 0.1) is 11.8 Å². The molecule has 1 aliphatic heterocycles. The summed E-state index contributed by atoms with van der Waals surface area (Å²) in [7, 11) is 1.75. The molecule has 3 heteroatoms. The molecular formula is C9H20N2O. The van der Waals surface area contributed by atoms with Crippen LogP contribution < -0.4 is 5.84 Å². The molecule has 72 valence electrons. The largest absolute Gasteiger partial charge is 0.384 e. The molecule has 3 nitrogen and oxygen atoms in total. The fourth-order valence-electron chi connectivity index (χ4n) is 2.00. The van der Waals surface area contributed by atoms with E-state index in [0.29, 0.717) is 17.9 Å². The molecule has 0 aromatic heterocycles. The van der Waals surface area contributed by atoms with Crippen LogP contribution in [0.1, 0.15) is 20.3 Å². The Balaban J connectivity index is 2.39. The minimum Gasteiger partial charge on any atom is -0.384 e. The van der Waals surface area contributed by atoms with Gasteiger partial charge in [-0.25, -0.2) is 5.01 Å². The molecule has 0 aliphatic carbocycles. The Hall–Kier alpha value is -0.120. The van der Waals surface area contributed by atoms with E-state index in [1.165, 1.54) is 6.42 Å². The molecule has 2 atom stereocenters. The normalized spacial score (nSPS) is 31.8. The lowest BCUT2D eigenvalue weighted by Crippen LogP contribution is -2.39. The van der Waals surface area contributed by atoms with Crippen LogP contribution in [-0.2, 0) is 4.74 Å². The van der Waals surface area contributed by atoms with Gasteiger partial charge in [-0.15, -0.1) is 0 Å². The van der Waals surface area contributed by atoms with Gasteiger partial charge in [0, 0.05) is 19.7 Å². The maximum Gasteiger partial charge on any atom is 0.0503 e. The first-order valence-corrected chi connectivity index (χ1v) is 4.65. The van der Waals surface area contributed by atoms with Crippen molar-refractivity contribution in [2.75, 3.05) is 20.3 Å². The molecule has 0 amide bonds. The van der Waals surface area contributed by atoms with Gasteiger partial charge < -0.3 is 4.74 Å². The Labute approximate surface area is 74.8 Å². The van der Waals surface area contributed by atoms with Crippen molar-refractivity contribution in [2.45, 2.75) is 26.3 Å². The number of methoxy groups -OCH3 is 1. The van der Waals surface area contributed by atoms with Crippen LogP contribution in [0.2, 0.25) is 0 Å². The summed E-state index contributed by atoms with van der Waals surface area (Å²) in [5, 5.41) is 1.97. The molecule has 1 fully saturated rings. The molecule has 2 unspecified atom stereocenters. The van der Waals surface area contributed by atoms with E-state index in [9.17, 15) is 0 Å². The second-order valence-electron chi connectivity index (χ2n) is 4.07. The molecule has 0 saturated carbocycles. The summed E-state index contributed by atoms with van der Waals surface area (Å²) in [6.07, 6.45) is 1.18. The molecule has 1 rings (SSSR count). The van der Waals surface area contributed by atoms with Gasteiger partial charge in [0.05, 0.1) is 6.61 Å². The minimum atomic E-state index is 0.546. The topological polar surface area (TPSA) is 38.5 Å². The van der Waals surface area contributed by atoms with Crippen molar-refractivity contribution < 1.29 is 4.74 Å². The van der Waals surface area contributed by atoms with Gasteiger partial charge in [0.25, 0.3) is 0 Å². The highest BCUT2D eigenvalue weighted by Gasteiger charge is 2.31. The SMILES string of the molecule is COCC1CC(C(C)C)N(N)C1. The standard InChI is InChI=1S/C9H20N2O/c1-7(2)9-4-8(6-12-3)5-11(9)10/h7-9H,4-6,10H2,1-3H3. The highest BCUT2D eigenvalue weighted by molar-refractivity contribution is 4.83. The third-order valence-electron chi connectivity index (χ3n) is 2.64. The van der Waals surface area contributed by atoms with Gasteiger partial charge in [0.1, 0.15) is 0 Å². The zero-order valence-corrected chi connectivity index (χ0v) is 8.29. The van der Waals surface area contributed by atoms with Crippen molar-refractivity contribution in [3.05, 3.63) is 0 Å². The van der Waals surface area contributed by atoms with Crippen LogP contribution in [0.4, 0.5) is 0 Å². The smallest absolute Gasteiger partial charge is 0.0503 e. The first-order valence-electron chi connectivity index (χ1n) is 4.65. The summed E-state index contributed by atoms with van der Waals surface area (Å²) in [5.41, 5.74) is 0. The van der Waals surface area contributed by atoms with Crippen molar-refractivity contribution in [1.29, 1.82) is 0 Å². The summed E-state index contributed by atoms with van der Waals surface area (Å²) < 4.78 is 5.12. The van der Waals surface area contributed by atoms with E-state index >= 15 is 0 Å². The van der Waals surface area contributed by atoms with E-state index in [0.717, 1.165) is 13.2 Å². The van der Waals surface area contributed by atoms with Crippen LogP contribution >= 0.6 is 0 Å². The molecular weight excluding hydrogens is 152 g/mol. The summed E-state index contributed by atoms with van der Waals surface area (Å²) in [5.74, 6) is 7.16. The predicted octanol–water partition coefficient (Wildman–Crippen LogP) is 0.853. The van der Waals surface area contributed by atoms with Gasteiger partial charge in [-0.05, 0) is 18.3 Å². The summed E-state index contributed by atoms with van der Waals surface area (Å²) in [6, 6.07) is 0.546. The van der Waals surface area contributed by atoms with E-state index in [4.69, 9.17) is 10.6 Å². The number of hydrazine groups is 1. The second-order valence-corrected chi connectivity index (χ2v) is 4.07. The predicted molar refractivity (Wildman–Crippen MR) is 49.5 cm³/mol. The number of hydrogen-bond donors (Lipinski definition) is 1. The Morgan fingerprint density at radius 3 is 2.67 bits per heavy atom. The average Bonchev–Trinajstić information content (AvgIpc) is 2.32. The van der Waals surface area contributed by atoms with Crippen molar-refractivity contribution in [3.63, 3.8) is 0 Å². The Bertz CT molecular complexity index is 138. The van der Waals surface area contributed by atoms with Gasteiger partial charge in [0.15, 0.2) is 0 Å². The zero-order chi connectivity index (χ0) is 9.14. The lowest BCUT2D eigenvalue weighted by Gasteiger charge is -2.21. The number of nitrogens with two attached hydrogens (primary N) is 1. The Morgan fingerprint density at radius 1 is 1.58 bits per heavy atom.